The van der Waals surface area contributed by atoms with Crippen molar-refractivity contribution in [2.75, 3.05) is 0 Å². The second-order valence-corrected chi connectivity index (χ2v) is 6.05. The van der Waals surface area contributed by atoms with Crippen LogP contribution in [0.15, 0.2) is 28.7 Å². The highest BCUT2D eigenvalue weighted by atomic mass is 79.9. The van der Waals surface area contributed by atoms with E-state index in [0.29, 0.717) is 5.41 Å². The van der Waals surface area contributed by atoms with Gasteiger partial charge in [-0.2, -0.15) is 0 Å². The van der Waals surface area contributed by atoms with Crippen molar-refractivity contribution in [3.8, 4) is 0 Å². The zero-order valence-corrected chi connectivity index (χ0v) is 11.6. The zero-order valence-electron chi connectivity index (χ0n) is 8.39. The van der Waals surface area contributed by atoms with Crippen LogP contribution < -0.4 is 0 Å². The molecule has 78 valence electrons. The molecule has 15 heavy (non-hydrogen) atoms. The van der Waals surface area contributed by atoms with E-state index in [9.17, 15) is 0 Å². The minimum Gasteiger partial charge on any atom is -0.0619 e. The minimum absolute atomic E-state index is 0.301. The van der Waals surface area contributed by atoms with Crippen molar-refractivity contribution >= 4 is 36.3 Å². The summed E-state index contributed by atoms with van der Waals surface area (Å²) in [4.78, 5) is 0. The number of fused-ring (bicyclic) bond motifs is 2. The lowest BCUT2D eigenvalue weighted by atomic mass is 9.81. The highest BCUT2D eigenvalue weighted by Gasteiger charge is 2.45. The van der Waals surface area contributed by atoms with E-state index in [1.807, 2.05) is 0 Å². The summed E-state index contributed by atoms with van der Waals surface area (Å²) in [6.45, 7) is 0. The molecular weight excluding hydrogens is 316 g/mol. The summed E-state index contributed by atoms with van der Waals surface area (Å²) >= 11 is 7.52. The van der Waals surface area contributed by atoms with E-state index in [-0.39, 0.29) is 0 Å². The second-order valence-electron chi connectivity index (χ2n) is 4.46. The summed E-state index contributed by atoms with van der Waals surface area (Å²) in [5.41, 5.74) is 3.20. The average molecular weight is 328 g/mol. The molecular formula is C13H12Br2. The first kappa shape index (κ1) is 10.1. The summed E-state index contributed by atoms with van der Waals surface area (Å²) in [5, 5.41) is 0. The topological polar surface area (TPSA) is 0 Å². The fraction of sp³-hybridized carbons (Fsp3) is 0.385. The molecule has 0 aromatic heterocycles. The summed E-state index contributed by atoms with van der Waals surface area (Å²) in [6.07, 6.45) is 5.28. The number of benzene rings is 1. The molecule has 0 heterocycles. The van der Waals surface area contributed by atoms with Gasteiger partial charge in [0.25, 0.3) is 0 Å². The fourth-order valence-corrected chi connectivity index (χ4v) is 4.55. The lowest BCUT2D eigenvalue weighted by molar-refractivity contribution is 0.561. The van der Waals surface area contributed by atoms with Gasteiger partial charge in [-0.15, -0.1) is 0 Å². The molecule has 2 aliphatic carbocycles. The molecule has 2 aliphatic rings. The van der Waals surface area contributed by atoms with Crippen LogP contribution in [-0.4, -0.2) is 0 Å². The van der Waals surface area contributed by atoms with Gasteiger partial charge in [0.15, 0.2) is 0 Å². The van der Waals surface area contributed by atoms with Crippen LogP contribution in [0.1, 0.15) is 36.8 Å². The van der Waals surface area contributed by atoms with Crippen molar-refractivity contribution in [2.45, 2.75) is 31.1 Å². The van der Waals surface area contributed by atoms with Gasteiger partial charge >= 0.3 is 0 Å². The number of rotatable bonds is 0. The molecule has 0 aliphatic heterocycles. The first-order valence-corrected chi connectivity index (χ1v) is 7.00. The summed E-state index contributed by atoms with van der Waals surface area (Å²) in [6, 6.07) is 8.78. The molecule has 1 spiro atoms. The first-order chi connectivity index (χ1) is 7.26. The molecule has 1 aromatic rings. The SMILES string of the molecule is BrC1=C(Br)C2(CCCC2)c2ccccc21. The molecule has 0 unspecified atom stereocenters. The Morgan fingerprint density at radius 3 is 2.40 bits per heavy atom. The van der Waals surface area contributed by atoms with Crippen molar-refractivity contribution in [3.63, 3.8) is 0 Å². The highest BCUT2D eigenvalue weighted by molar-refractivity contribution is 9.16. The molecule has 0 saturated heterocycles. The van der Waals surface area contributed by atoms with Crippen molar-refractivity contribution < 1.29 is 0 Å². The quantitative estimate of drug-likeness (QED) is 0.631. The van der Waals surface area contributed by atoms with Crippen LogP contribution in [0.2, 0.25) is 0 Å². The third kappa shape index (κ3) is 1.24. The Balaban J connectivity index is 2.26. The summed E-state index contributed by atoms with van der Waals surface area (Å²) in [5.74, 6) is 0. The molecule has 2 heteroatoms. The normalized spacial score (nSPS) is 22.5. The largest absolute Gasteiger partial charge is 0.0619 e. The maximum atomic E-state index is 3.80. The number of allylic oxidation sites excluding steroid dienone is 1. The van der Waals surface area contributed by atoms with E-state index >= 15 is 0 Å². The number of hydrogen-bond donors (Lipinski definition) is 0. The van der Waals surface area contributed by atoms with Gasteiger partial charge in [-0.3, -0.25) is 0 Å². The minimum atomic E-state index is 0.301. The van der Waals surface area contributed by atoms with Gasteiger partial charge in [0, 0.05) is 14.4 Å². The van der Waals surface area contributed by atoms with Gasteiger partial charge in [0.1, 0.15) is 0 Å². The lowest BCUT2D eigenvalue weighted by Gasteiger charge is -2.25. The predicted molar refractivity (Wildman–Crippen MR) is 71.4 cm³/mol. The molecule has 0 radical (unpaired) electrons. The molecule has 0 nitrogen and oxygen atoms in total. The van der Waals surface area contributed by atoms with Crippen LogP contribution in [0.5, 0.6) is 0 Å². The van der Waals surface area contributed by atoms with E-state index in [1.54, 1.807) is 0 Å². The van der Waals surface area contributed by atoms with Crippen molar-refractivity contribution in [1.82, 2.24) is 0 Å². The molecule has 1 saturated carbocycles. The molecule has 0 amide bonds. The predicted octanol–water partition coefficient (Wildman–Crippen LogP) is 4.97. The van der Waals surface area contributed by atoms with Gasteiger partial charge < -0.3 is 0 Å². The van der Waals surface area contributed by atoms with E-state index in [1.165, 1.54) is 45.8 Å². The van der Waals surface area contributed by atoms with Crippen molar-refractivity contribution in [2.24, 2.45) is 0 Å². The van der Waals surface area contributed by atoms with Crippen LogP contribution in [0.4, 0.5) is 0 Å². The second kappa shape index (κ2) is 3.46. The van der Waals surface area contributed by atoms with Crippen LogP contribution in [-0.2, 0) is 5.41 Å². The van der Waals surface area contributed by atoms with Crippen molar-refractivity contribution in [3.05, 3.63) is 39.9 Å². The molecule has 0 bridgehead atoms. The standard InChI is InChI=1S/C13H12Br2/c14-11-9-5-1-2-6-10(9)13(12(11)15)7-3-4-8-13/h1-2,5-6H,3-4,7-8H2. The Kier molecular flexibility index (Phi) is 2.33. The lowest BCUT2D eigenvalue weighted by Crippen LogP contribution is -2.19. The number of hydrogen-bond acceptors (Lipinski definition) is 0. The van der Waals surface area contributed by atoms with Gasteiger partial charge in [0.05, 0.1) is 0 Å². The molecule has 3 rings (SSSR count). The van der Waals surface area contributed by atoms with Crippen LogP contribution in [0.25, 0.3) is 4.48 Å². The zero-order chi connectivity index (χ0) is 10.5. The Hall–Kier alpha value is -0.0800. The third-order valence-corrected chi connectivity index (χ3v) is 6.26. The monoisotopic (exact) mass is 326 g/mol. The Labute approximate surface area is 107 Å². The fourth-order valence-electron chi connectivity index (χ4n) is 3.01. The van der Waals surface area contributed by atoms with E-state index in [4.69, 9.17) is 0 Å². The van der Waals surface area contributed by atoms with Crippen LogP contribution in [0, 0.1) is 0 Å². The van der Waals surface area contributed by atoms with Gasteiger partial charge in [-0.1, -0.05) is 53.0 Å². The maximum absolute atomic E-state index is 3.80. The average Bonchev–Trinajstić information content (AvgIpc) is 2.83. The third-order valence-electron chi connectivity index (χ3n) is 3.75. The van der Waals surface area contributed by atoms with Crippen molar-refractivity contribution in [1.29, 1.82) is 0 Å². The van der Waals surface area contributed by atoms with E-state index in [2.05, 4.69) is 56.1 Å². The Morgan fingerprint density at radius 1 is 1.00 bits per heavy atom. The molecule has 1 aromatic carbocycles. The highest BCUT2D eigenvalue weighted by Crippen LogP contribution is 2.58. The van der Waals surface area contributed by atoms with E-state index < -0.39 is 0 Å². The van der Waals surface area contributed by atoms with Crippen LogP contribution in [0.3, 0.4) is 0 Å². The number of halogens is 2. The summed E-state index contributed by atoms with van der Waals surface area (Å²) in [7, 11) is 0. The Morgan fingerprint density at radius 2 is 1.67 bits per heavy atom. The van der Waals surface area contributed by atoms with Gasteiger partial charge in [-0.05, 0) is 39.9 Å². The first-order valence-electron chi connectivity index (χ1n) is 5.41. The maximum Gasteiger partial charge on any atom is 0.0361 e. The van der Waals surface area contributed by atoms with E-state index in [0.717, 1.165) is 0 Å². The van der Waals surface area contributed by atoms with Crippen LogP contribution >= 0.6 is 31.9 Å². The smallest absolute Gasteiger partial charge is 0.0361 e. The Bertz CT molecular complexity index is 440. The van der Waals surface area contributed by atoms with Gasteiger partial charge in [-0.25, -0.2) is 0 Å². The summed E-state index contributed by atoms with van der Waals surface area (Å²) < 4.78 is 2.63. The molecule has 0 atom stereocenters. The molecule has 0 N–H and O–H groups in total. The molecule has 1 fully saturated rings. The van der Waals surface area contributed by atoms with Gasteiger partial charge in [0.2, 0.25) is 0 Å².